The molecular formula is C13H16N3O2+. The number of hydrogen-bond donors (Lipinski definition) is 0. The summed E-state index contributed by atoms with van der Waals surface area (Å²) < 4.78 is 3.82. The fraction of sp³-hybridized carbons (Fsp3) is 0.308. The first-order valence-corrected chi connectivity index (χ1v) is 5.89. The maximum atomic E-state index is 11.1. The van der Waals surface area contributed by atoms with E-state index in [-0.39, 0.29) is 10.6 Å². The van der Waals surface area contributed by atoms with Crippen LogP contribution in [0, 0.1) is 24.0 Å². The van der Waals surface area contributed by atoms with Gasteiger partial charge >= 0.3 is 5.69 Å². The van der Waals surface area contributed by atoms with Crippen molar-refractivity contribution in [2.75, 3.05) is 0 Å². The molecule has 18 heavy (non-hydrogen) atoms. The molecule has 1 aromatic carbocycles. The highest BCUT2D eigenvalue weighted by molar-refractivity contribution is 5.42. The Hall–Kier alpha value is -2.17. The first kappa shape index (κ1) is 12.3. The van der Waals surface area contributed by atoms with E-state index in [1.165, 1.54) is 0 Å². The summed E-state index contributed by atoms with van der Waals surface area (Å²) in [5.41, 5.74) is 2.48. The summed E-state index contributed by atoms with van der Waals surface area (Å²) in [5.74, 6) is 0. The minimum Gasteiger partial charge on any atom is -0.258 e. The highest BCUT2D eigenvalue weighted by Gasteiger charge is 2.32. The molecular weight excluding hydrogens is 230 g/mol. The third-order valence-corrected chi connectivity index (χ3v) is 3.11. The lowest BCUT2D eigenvalue weighted by Crippen LogP contribution is -2.43. The second-order valence-corrected chi connectivity index (χ2v) is 4.14. The number of nitro groups is 1. The Kier molecular flexibility index (Phi) is 3.14. The van der Waals surface area contributed by atoms with Crippen LogP contribution in [0.2, 0.25) is 0 Å². The van der Waals surface area contributed by atoms with Gasteiger partial charge in [-0.3, -0.25) is 10.1 Å². The normalized spacial score (nSPS) is 10.6. The summed E-state index contributed by atoms with van der Waals surface area (Å²) in [6.07, 6.45) is 0. The van der Waals surface area contributed by atoms with Crippen molar-refractivity contribution in [3.8, 4) is 5.69 Å². The molecule has 0 radical (unpaired) electrons. The second-order valence-electron chi connectivity index (χ2n) is 4.14. The van der Waals surface area contributed by atoms with Crippen LogP contribution in [0.1, 0.15) is 18.3 Å². The molecule has 0 unspecified atom stereocenters. The lowest BCUT2D eigenvalue weighted by molar-refractivity contribution is -0.769. The van der Waals surface area contributed by atoms with Gasteiger partial charge in [-0.25, -0.2) is 0 Å². The standard InChI is InChI=1S/C13H16N3O2/c1-4-14-10(2)13(16(17)18)11(3)15(14)12-8-6-5-7-9-12/h5-9H,4H2,1-3H3/q+1. The molecule has 0 saturated heterocycles. The maximum absolute atomic E-state index is 11.1. The Labute approximate surface area is 105 Å². The van der Waals surface area contributed by atoms with Gasteiger partial charge in [-0.05, 0) is 26.0 Å². The van der Waals surface area contributed by atoms with E-state index in [1.807, 2.05) is 46.6 Å². The Morgan fingerprint density at radius 2 is 1.89 bits per heavy atom. The topological polar surface area (TPSA) is 51.9 Å². The minimum atomic E-state index is -0.309. The molecule has 0 saturated carbocycles. The fourth-order valence-corrected chi connectivity index (χ4v) is 2.36. The highest BCUT2D eigenvalue weighted by atomic mass is 16.6. The van der Waals surface area contributed by atoms with Crippen LogP contribution in [0.25, 0.3) is 5.69 Å². The summed E-state index contributed by atoms with van der Waals surface area (Å²) >= 11 is 0. The van der Waals surface area contributed by atoms with Crippen LogP contribution >= 0.6 is 0 Å². The number of rotatable bonds is 3. The molecule has 0 aliphatic heterocycles. The van der Waals surface area contributed by atoms with Crippen LogP contribution < -0.4 is 4.68 Å². The van der Waals surface area contributed by atoms with Gasteiger partial charge in [0.2, 0.25) is 0 Å². The largest absolute Gasteiger partial charge is 0.362 e. The third kappa shape index (κ3) is 1.77. The van der Waals surface area contributed by atoms with Crippen molar-refractivity contribution >= 4 is 5.69 Å². The van der Waals surface area contributed by atoms with Crippen LogP contribution in [0.3, 0.4) is 0 Å². The Balaban J connectivity index is 2.75. The van der Waals surface area contributed by atoms with Gasteiger partial charge in [-0.2, -0.15) is 0 Å². The smallest absolute Gasteiger partial charge is 0.258 e. The lowest BCUT2D eigenvalue weighted by atomic mass is 10.3. The zero-order chi connectivity index (χ0) is 13.3. The van der Waals surface area contributed by atoms with Gasteiger partial charge in [-0.15, -0.1) is 9.36 Å². The SMILES string of the molecule is CC[n+]1c(C)c([N+](=O)[O-])c(C)n1-c1ccccc1. The zero-order valence-corrected chi connectivity index (χ0v) is 10.8. The lowest BCUT2D eigenvalue weighted by Gasteiger charge is -2.02. The van der Waals surface area contributed by atoms with Crippen LogP contribution in [-0.4, -0.2) is 9.61 Å². The maximum Gasteiger partial charge on any atom is 0.362 e. The van der Waals surface area contributed by atoms with Crippen LogP contribution in [0.15, 0.2) is 30.3 Å². The molecule has 0 aliphatic carbocycles. The first-order chi connectivity index (χ1) is 8.57. The fourth-order valence-electron chi connectivity index (χ4n) is 2.36. The van der Waals surface area contributed by atoms with Crippen molar-refractivity contribution in [1.29, 1.82) is 0 Å². The quantitative estimate of drug-likeness (QED) is 0.474. The molecule has 94 valence electrons. The molecule has 0 aliphatic rings. The second kappa shape index (κ2) is 4.60. The van der Waals surface area contributed by atoms with Gasteiger partial charge in [0.1, 0.15) is 5.69 Å². The van der Waals surface area contributed by atoms with E-state index in [1.54, 1.807) is 13.8 Å². The average molecular weight is 246 g/mol. The Morgan fingerprint density at radius 1 is 1.28 bits per heavy atom. The Bertz CT molecular complexity index is 588. The van der Waals surface area contributed by atoms with Crippen LogP contribution in [-0.2, 0) is 6.54 Å². The van der Waals surface area contributed by atoms with E-state index in [9.17, 15) is 10.1 Å². The zero-order valence-electron chi connectivity index (χ0n) is 10.8. The van der Waals surface area contributed by atoms with Crippen molar-refractivity contribution in [3.05, 3.63) is 51.8 Å². The number of nitrogens with zero attached hydrogens (tertiary/aromatic N) is 3. The summed E-state index contributed by atoms with van der Waals surface area (Å²) in [6.45, 7) is 6.24. The van der Waals surface area contributed by atoms with E-state index < -0.39 is 0 Å². The summed E-state index contributed by atoms with van der Waals surface area (Å²) in [4.78, 5) is 10.8. The van der Waals surface area contributed by atoms with Crippen molar-refractivity contribution in [1.82, 2.24) is 4.68 Å². The molecule has 5 nitrogen and oxygen atoms in total. The average Bonchev–Trinajstić information content (AvgIpc) is 2.61. The van der Waals surface area contributed by atoms with Crippen LogP contribution in [0.4, 0.5) is 5.69 Å². The molecule has 1 aromatic heterocycles. The predicted octanol–water partition coefficient (Wildman–Crippen LogP) is 2.31. The van der Waals surface area contributed by atoms with Gasteiger partial charge in [0.15, 0.2) is 12.2 Å². The molecule has 2 rings (SSSR count). The first-order valence-electron chi connectivity index (χ1n) is 5.89. The molecule has 0 atom stereocenters. The number of benzene rings is 1. The van der Waals surface area contributed by atoms with Gasteiger partial charge in [0, 0.05) is 6.92 Å². The van der Waals surface area contributed by atoms with E-state index in [2.05, 4.69) is 0 Å². The van der Waals surface area contributed by atoms with Crippen molar-refractivity contribution in [2.24, 2.45) is 0 Å². The molecule has 0 amide bonds. The number of aromatic nitrogens is 2. The van der Waals surface area contributed by atoms with Gasteiger partial charge in [-0.1, -0.05) is 18.2 Å². The van der Waals surface area contributed by atoms with Gasteiger partial charge < -0.3 is 0 Å². The van der Waals surface area contributed by atoms with E-state index in [4.69, 9.17) is 0 Å². The van der Waals surface area contributed by atoms with Gasteiger partial charge in [0.25, 0.3) is 5.69 Å². The molecule has 0 spiro atoms. The third-order valence-electron chi connectivity index (χ3n) is 3.11. The van der Waals surface area contributed by atoms with Crippen molar-refractivity contribution in [2.45, 2.75) is 27.3 Å². The molecule has 5 heteroatoms. The molecule has 1 heterocycles. The Morgan fingerprint density at radius 3 is 2.39 bits per heavy atom. The molecule has 0 fully saturated rings. The van der Waals surface area contributed by atoms with Crippen molar-refractivity contribution in [3.63, 3.8) is 0 Å². The van der Waals surface area contributed by atoms with Crippen molar-refractivity contribution < 1.29 is 9.61 Å². The van der Waals surface area contributed by atoms with E-state index >= 15 is 0 Å². The molecule has 0 bridgehead atoms. The summed E-state index contributed by atoms with van der Waals surface area (Å²) in [6, 6.07) is 9.68. The van der Waals surface area contributed by atoms with E-state index in [0.717, 1.165) is 5.69 Å². The predicted molar refractivity (Wildman–Crippen MR) is 67.8 cm³/mol. The molecule has 0 N–H and O–H groups in total. The minimum absolute atomic E-state index is 0.195. The monoisotopic (exact) mass is 246 g/mol. The highest BCUT2D eigenvalue weighted by Crippen LogP contribution is 2.23. The van der Waals surface area contributed by atoms with Gasteiger partial charge in [0.05, 0.1) is 4.92 Å². The van der Waals surface area contributed by atoms with Crippen LogP contribution in [0.5, 0.6) is 0 Å². The number of para-hydroxylation sites is 1. The summed E-state index contributed by atoms with van der Waals surface area (Å²) in [7, 11) is 0. The molecule has 2 aromatic rings. The number of hydrogen-bond acceptors (Lipinski definition) is 2. The summed E-state index contributed by atoms with van der Waals surface area (Å²) in [5, 5.41) is 11.1. The van der Waals surface area contributed by atoms with E-state index in [0.29, 0.717) is 17.9 Å².